The molecular formula is C20H14F2N4OS. The van der Waals surface area contributed by atoms with Gasteiger partial charge in [0.1, 0.15) is 17.5 Å². The summed E-state index contributed by atoms with van der Waals surface area (Å²) in [6.45, 7) is 1.77. The molecule has 1 N–H and O–H groups in total. The smallest absolute Gasteiger partial charge is 0.226 e. The van der Waals surface area contributed by atoms with Crippen molar-refractivity contribution in [2.45, 2.75) is 19.3 Å². The summed E-state index contributed by atoms with van der Waals surface area (Å²) in [4.78, 5) is 17.0. The normalized spacial score (nSPS) is 16.2. The van der Waals surface area contributed by atoms with Crippen LogP contribution >= 0.6 is 11.3 Å². The van der Waals surface area contributed by atoms with Crippen LogP contribution in [0.5, 0.6) is 0 Å². The highest BCUT2D eigenvalue weighted by Gasteiger charge is 2.36. The minimum atomic E-state index is -0.743. The van der Waals surface area contributed by atoms with Gasteiger partial charge < -0.3 is 5.32 Å². The van der Waals surface area contributed by atoms with E-state index < -0.39 is 17.6 Å². The van der Waals surface area contributed by atoms with Crippen molar-refractivity contribution in [2.75, 3.05) is 5.32 Å². The summed E-state index contributed by atoms with van der Waals surface area (Å²) in [5.41, 5.74) is 1.93. The molecule has 1 atom stereocenters. The molecule has 4 aromatic rings. The quantitative estimate of drug-likeness (QED) is 0.541. The van der Waals surface area contributed by atoms with Gasteiger partial charge in [-0.05, 0) is 31.2 Å². The van der Waals surface area contributed by atoms with Crippen molar-refractivity contribution in [1.82, 2.24) is 14.8 Å². The van der Waals surface area contributed by atoms with Crippen LogP contribution in [0, 0.1) is 18.6 Å². The number of aryl methyl sites for hydroxylation is 1. The van der Waals surface area contributed by atoms with E-state index in [1.54, 1.807) is 11.6 Å². The maximum absolute atomic E-state index is 14.4. The second-order valence-corrected chi connectivity index (χ2v) is 7.67. The molecule has 0 bridgehead atoms. The van der Waals surface area contributed by atoms with Crippen molar-refractivity contribution in [2.24, 2.45) is 0 Å². The minimum Gasteiger partial charge on any atom is -0.310 e. The Bertz CT molecular complexity index is 1190. The molecule has 0 spiro atoms. The second kappa shape index (κ2) is 6.20. The molecular weight excluding hydrogens is 382 g/mol. The number of fused-ring (bicyclic) bond motifs is 2. The Hall–Kier alpha value is -3.13. The van der Waals surface area contributed by atoms with E-state index in [2.05, 4.69) is 15.4 Å². The van der Waals surface area contributed by atoms with Gasteiger partial charge in [-0.15, -0.1) is 0 Å². The molecule has 140 valence electrons. The van der Waals surface area contributed by atoms with Gasteiger partial charge in [-0.3, -0.25) is 4.79 Å². The van der Waals surface area contributed by atoms with Gasteiger partial charge in [0, 0.05) is 23.5 Å². The number of nitrogens with zero attached hydrogens (tertiary/aromatic N) is 3. The average Bonchev–Trinajstić information content (AvgIpc) is 3.22. The second-order valence-electron chi connectivity index (χ2n) is 6.66. The first kappa shape index (κ1) is 17.0. The van der Waals surface area contributed by atoms with Gasteiger partial charge >= 0.3 is 0 Å². The highest BCUT2D eigenvalue weighted by Crippen LogP contribution is 2.42. The van der Waals surface area contributed by atoms with Crippen LogP contribution in [-0.4, -0.2) is 20.7 Å². The first-order valence-electron chi connectivity index (χ1n) is 8.72. The van der Waals surface area contributed by atoms with Crippen molar-refractivity contribution in [1.29, 1.82) is 0 Å². The van der Waals surface area contributed by atoms with E-state index in [1.807, 2.05) is 24.3 Å². The molecule has 0 aliphatic carbocycles. The molecule has 2 aromatic carbocycles. The van der Waals surface area contributed by atoms with Crippen LogP contribution in [0.1, 0.15) is 29.2 Å². The van der Waals surface area contributed by atoms with Crippen LogP contribution in [0.4, 0.5) is 14.6 Å². The van der Waals surface area contributed by atoms with E-state index >= 15 is 0 Å². The maximum Gasteiger partial charge on any atom is 0.226 e. The molecule has 0 saturated carbocycles. The van der Waals surface area contributed by atoms with Crippen molar-refractivity contribution >= 4 is 33.3 Å². The lowest BCUT2D eigenvalue weighted by molar-refractivity contribution is -0.116. The number of rotatable bonds is 2. The summed E-state index contributed by atoms with van der Waals surface area (Å²) in [7, 11) is 0. The summed E-state index contributed by atoms with van der Waals surface area (Å²) in [6.07, 6.45) is -0.0444. The molecule has 1 unspecified atom stereocenters. The van der Waals surface area contributed by atoms with Gasteiger partial charge in [0.15, 0.2) is 0 Å². The van der Waals surface area contributed by atoms with Crippen LogP contribution in [0.3, 0.4) is 0 Å². The monoisotopic (exact) mass is 396 g/mol. The SMILES string of the molecule is Cc1nn(-c2nc3ccccc3s2)c2c1C(c1c(F)cccc1F)CC(=O)N2. The third-order valence-corrected chi connectivity index (χ3v) is 5.93. The topological polar surface area (TPSA) is 59.8 Å². The average molecular weight is 396 g/mol. The van der Waals surface area contributed by atoms with Crippen LogP contribution in [0.15, 0.2) is 42.5 Å². The standard InChI is InChI=1S/C20H14F2N4OS/c1-10-17-11(18-12(21)5-4-6-13(18)22)9-16(27)24-19(17)26(25-10)20-23-14-7-2-3-8-15(14)28-20/h2-8,11H,9H2,1H3,(H,24,27). The summed E-state index contributed by atoms with van der Waals surface area (Å²) in [5.74, 6) is -1.98. The number of halogens is 2. The fourth-order valence-electron chi connectivity index (χ4n) is 3.73. The van der Waals surface area contributed by atoms with E-state index in [1.165, 1.54) is 29.5 Å². The molecule has 1 amide bonds. The predicted molar refractivity (Wildman–Crippen MR) is 103 cm³/mol. The molecule has 5 nitrogen and oxygen atoms in total. The van der Waals surface area contributed by atoms with Crippen LogP contribution < -0.4 is 5.32 Å². The predicted octanol–water partition coefficient (Wildman–Crippen LogP) is 4.54. The van der Waals surface area contributed by atoms with Gasteiger partial charge in [0.2, 0.25) is 11.0 Å². The number of hydrogen-bond acceptors (Lipinski definition) is 4. The summed E-state index contributed by atoms with van der Waals surface area (Å²) < 4.78 is 31.4. The highest BCUT2D eigenvalue weighted by molar-refractivity contribution is 7.20. The summed E-state index contributed by atoms with van der Waals surface area (Å²) >= 11 is 1.43. The zero-order valence-electron chi connectivity index (χ0n) is 14.7. The van der Waals surface area contributed by atoms with Gasteiger partial charge in [-0.2, -0.15) is 9.78 Å². The van der Waals surface area contributed by atoms with Gasteiger partial charge in [0.05, 0.1) is 15.9 Å². The lowest BCUT2D eigenvalue weighted by Crippen LogP contribution is -2.26. The fourth-order valence-corrected chi connectivity index (χ4v) is 4.65. The first-order chi connectivity index (χ1) is 13.5. The molecule has 5 rings (SSSR count). The minimum absolute atomic E-state index is 0.0444. The van der Waals surface area contributed by atoms with E-state index in [0.717, 1.165) is 10.2 Å². The number of anilines is 1. The van der Waals surface area contributed by atoms with Crippen molar-refractivity contribution in [3.8, 4) is 5.13 Å². The number of para-hydroxylation sites is 1. The number of nitrogens with one attached hydrogen (secondary N) is 1. The first-order valence-corrected chi connectivity index (χ1v) is 9.54. The third-order valence-electron chi connectivity index (χ3n) is 4.91. The van der Waals surface area contributed by atoms with Gasteiger partial charge in [-0.25, -0.2) is 13.8 Å². The number of carbonyl (C=O) groups excluding carboxylic acids is 1. The van der Waals surface area contributed by atoms with Crippen molar-refractivity contribution in [3.63, 3.8) is 0 Å². The molecule has 28 heavy (non-hydrogen) atoms. The Balaban J connectivity index is 1.72. The Morgan fingerprint density at radius 3 is 2.61 bits per heavy atom. The highest BCUT2D eigenvalue weighted by atomic mass is 32.1. The molecule has 0 radical (unpaired) electrons. The van der Waals surface area contributed by atoms with Crippen LogP contribution in [0.25, 0.3) is 15.3 Å². The van der Waals surface area contributed by atoms with Crippen molar-refractivity contribution < 1.29 is 13.6 Å². The summed E-state index contributed by atoms with van der Waals surface area (Å²) in [6, 6.07) is 11.4. The largest absolute Gasteiger partial charge is 0.310 e. The number of thiazole rings is 1. The third kappa shape index (κ3) is 2.52. The molecule has 0 saturated heterocycles. The zero-order chi connectivity index (χ0) is 19.4. The van der Waals surface area contributed by atoms with Crippen molar-refractivity contribution in [3.05, 3.63) is 70.9 Å². The lowest BCUT2D eigenvalue weighted by Gasteiger charge is -2.24. The van der Waals surface area contributed by atoms with Crippen LogP contribution in [0.2, 0.25) is 0 Å². The Kier molecular flexibility index (Phi) is 3.77. The number of carbonyl (C=O) groups is 1. The number of hydrogen-bond donors (Lipinski definition) is 1. The number of amides is 1. The van der Waals surface area contributed by atoms with E-state index in [9.17, 15) is 13.6 Å². The Morgan fingerprint density at radius 1 is 1.11 bits per heavy atom. The Morgan fingerprint density at radius 2 is 1.86 bits per heavy atom. The fraction of sp³-hybridized carbons (Fsp3) is 0.150. The van der Waals surface area contributed by atoms with E-state index in [4.69, 9.17) is 0 Å². The molecule has 1 aliphatic rings. The lowest BCUT2D eigenvalue weighted by atomic mass is 9.85. The van der Waals surface area contributed by atoms with Gasteiger partial charge in [-0.1, -0.05) is 29.5 Å². The molecule has 3 heterocycles. The maximum atomic E-state index is 14.4. The number of aromatic nitrogens is 3. The molecule has 0 fully saturated rings. The Labute approximate surface area is 162 Å². The molecule has 8 heteroatoms. The van der Waals surface area contributed by atoms with E-state index in [-0.39, 0.29) is 17.9 Å². The zero-order valence-corrected chi connectivity index (χ0v) is 15.6. The van der Waals surface area contributed by atoms with E-state index in [0.29, 0.717) is 22.2 Å². The molecule has 1 aliphatic heterocycles. The molecule has 2 aromatic heterocycles. The summed E-state index contributed by atoms with van der Waals surface area (Å²) in [5, 5.41) is 7.93. The van der Waals surface area contributed by atoms with Gasteiger partial charge in [0.25, 0.3) is 0 Å². The van der Waals surface area contributed by atoms with Crippen LogP contribution in [-0.2, 0) is 4.79 Å². The number of benzene rings is 2.